The number of nitrogens with one attached hydrogen (secondary N) is 1. The van der Waals surface area contributed by atoms with Crippen LogP contribution in [0.1, 0.15) is 0 Å². The summed E-state index contributed by atoms with van der Waals surface area (Å²) in [5, 5.41) is 22.7. The van der Waals surface area contributed by atoms with E-state index in [0.29, 0.717) is 16.7 Å². The van der Waals surface area contributed by atoms with Crippen molar-refractivity contribution >= 4 is 29.0 Å². The van der Waals surface area contributed by atoms with E-state index < -0.39 is 4.92 Å². The number of nitro benzene ring substituents is 1. The fourth-order valence-corrected chi connectivity index (χ4v) is 3.64. The fraction of sp³-hybridized carbons (Fsp3) is 0.0476. The zero-order valence-corrected chi connectivity index (χ0v) is 16.9. The normalized spacial score (nSPS) is 10.6. The maximum absolute atomic E-state index is 12.4. The summed E-state index contributed by atoms with van der Waals surface area (Å²) in [6, 6.07) is 19.1. The summed E-state index contributed by atoms with van der Waals surface area (Å²) in [7, 11) is 0. The van der Waals surface area contributed by atoms with Crippen LogP contribution in [0.3, 0.4) is 0 Å². The van der Waals surface area contributed by atoms with Crippen LogP contribution in [-0.4, -0.2) is 36.3 Å². The second-order valence-corrected chi connectivity index (χ2v) is 7.30. The molecule has 31 heavy (non-hydrogen) atoms. The third kappa shape index (κ3) is 4.75. The van der Waals surface area contributed by atoms with Crippen LogP contribution in [0.5, 0.6) is 0 Å². The second kappa shape index (κ2) is 9.18. The van der Waals surface area contributed by atoms with Gasteiger partial charge in [0.05, 0.1) is 10.7 Å². The Hall–Kier alpha value is -4.05. The van der Waals surface area contributed by atoms with Gasteiger partial charge >= 0.3 is 0 Å². The van der Waals surface area contributed by atoms with E-state index >= 15 is 0 Å². The van der Waals surface area contributed by atoms with Gasteiger partial charge in [-0.05, 0) is 30.3 Å². The molecule has 10 heteroatoms. The zero-order valence-electron chi connectivity index (χ0n) is 16.1. The number of hydrogen-bond donors (Lipinski definition) is 1. The minimum atomic E-state index is -0.507. The molecule has 4 aromatic rings. The SMILES string of the molecule is O=C(CSc1nnc(-c2ccncc2)n1-c1ccccc1)Nc1cccc([N+](=O)[O-])c1. The average Bonchev–Trinajstić information content (AvgIpc) is 3.23. The molecule has 1 N–H and O–H groups in total. The van der Waals surface area contributed by atoms with E-state index in [-0.39, 0.29) is 17.3 Å². The predicted molar refractivity (Wildman–Crippen MR) is 117 cm³/mol. The molecule has 0 atom stereocenters. The van der Waals surface area contributed by atoms with Crippen molar-refractivity contribution in [3.05, 3.63) is 89.2 Å². The minimum Gasteiger partial charge on any atom is -0.325 e. The Labute approximate surface area is 181 Å². The van der Waals surface area contributed by atoms with E-state index in [1.807, 2.05) is 47.0 Å². The Morgan fingerprint density at radius 1 is 1.03 bits per heavy atom. The largest absolute Gasteiger partial charge is 0.325 e. The maximum atomic E-state index is 12.4. The highest BCUT2D eigenvalue weighted by molar-refractivity contribution is 7.99. The van der Waals surface area contributed by atoms with E-state index in [1.54, 1.807) is 18.5 Å². The van der Waals surface area contributed by atoms with E-state index in [9.17, 15) is 14.9 Å². The number of rotatable bonds is 7. The summed E-state index contributed by atoms with van der Waals surface area (Å²) in [6.45, 7) is 0. The number of para-hydroxylation sites is 1. The van der Waals surface area contributed by atoms with Gasteiger partial charge in [0.1, 0.15) is 0 Å². The molecule has 0 aliphatic heterocycles. The van der Waals surface area contributed by atoms with E-state index in [0.717, 1.165) is 11.3 Å². The van der Waals surface area contributed by atoms with Crippen LogP contribution in [0.2, 0.25) is 0 Å². The van der Waals surface area contributed by atoms with Gasteiger partial charge in [0.25, 0.3) is 5.69 Å². The third-order valence-electron chi connectivity index (χ3n) is 4.26. The summed E-state index contributed by atoms with van der Waals surface area (Å²) in [5.74, 6) is 0.387. The molecule has 0 unspecified atom stereocenters. The first-order chi connectivity index (χ1) is 15.1. The predicted octanol–water partition coefficient (Wildman–Crippen LogP) is 3.97. The molecule has 0 saturated carbocycles. The highest BCUT2D eigenvalue weighted by atomic mass is 32.2. The lowest BCUT2D eigenvalue weighted by atomic mass is 10.2. The van der Waals surface area contributed by atoms with Crippen molar-refractivity contribution < 1.29 is 9.72 Å². The van der Waals surface area contributed by atoms with Crippen LogP contribution in [0.15, 0.2) is 84.3 Å². The molecule has 0 spiro atoms. The van der Waals surface area contributed by atoms with Crippen LogP contribution in [-0.2, 0) is 4.79 Å². The molecule has 2 aromatic heterocycles. The molecule has 2 heterocycles. The molecule has 154 valence electrons. The fourth-order valence-electron chi connectivity index (χ4n) is 2.89. The lowest BCUT2D eigenvalue weighted by molar-refractivity contribution is -0.384. The first-order valence-electron chi connectivity index (χ1n) is 9.20. The molecule has 1 amide bonds. The molecular formula is C21H16N6O3S. The third-order valence-corrected chi connectivity index (χ3v) is 5.19. The average molecular weight is 432 g/mol. The smallest absolute Gasteiger partial charge is 0.271 e. The summed E-state index contributed by atoms with van der Waals surface area (Å²) in [6.07, 6.45) is 3.36. The van der Waals surface area contributed by atoms with Gasteiger partial charge in [-0.1, -0.05) is 36.0 Å². The second-order valence-electron chi connectivity index (χ2n) is 6.36. The molecule has 0 aliphatic carbocycles. The first kappa shape index (κ1) is 20.2. The van der Waals surface area contributed by atoms with Crippen molar-refractivity contribution in [1.82, 2.24) is 19.7 Å². The summed E-state index contributed by atoms with van der Waals surface area (Å²) in [5.41, 5.74) is 1.98. The van der Waals surface area contributed by atoms with E-state index in [4.69, 9.17) is 0 Å². The monoisotopic (exact) mass is 432 g/mol. The van der Waals surface area contributed by atoms with Gasteiger partial charge in [-0.15, -0.1) is 10.2 Å². The molecule has 0 radical (unpaired) electrons. The Morgan fingerprint density at radius 3 is 2.55 bits per heavy atom. The number of carbonyl (C=O) groups is 1. The topological polar surface area (TPSA) is 116 Å². The minimum absolute atomic E-state index is 0.0595. The number of thioether (sulfide) groups is 1. The molecule has 0 fully saturated rings. The van der Waals surface area contributed by atoms with Crippen LogP contribution >= 0.6 is 11.8 Å². The van der Waals surface area contributed by atoms with Crippen LogP contribution in [0, 0.1) is 10.1 Å². The van der Waals surface area contributed by atoms with Crippen molar-refractivity contribution in [3.8, 4) is 17.1 Å². The lowest BCUT2D eigenvalue weighted by Crippen LogP contribution is -2.14. The Morgan fingerprint density at radius 2 is 1.81 bits per heavy atom. The van der Waals surface area contributed by atoms with Gasteiger partial charge in [-0.25, -0.2) is 0 Å². The number of amides is 1. The van der Waals surface area contributed by atoms with Crippen molar-refractivity contribution in [2.24, 2.45) is 0 Å². The van der Waals surface area contributed by atoms with E-state index in [1.165, 1.54) is 30.0 Å². The summed E-state index contributed by atoms with van der Waals surface area (Å²) < 4.78 is 1.88. The number of nitro groups is 1. The number of carbonyl (C=O) groups excluding carboxylic acids is 1. The van der Waals surface area contributed by atoms with Crippen molar-refractivity contribution in [3.63, 3.8) is 0 Å². The molecule has 0 aliphatic rings. The van der Waals surface area contributed by atoms with Gasteiger partial charge in [0.2, 0.25) is 5.91 Å². The van der Waals surface area contributed by atoms with Crippen LogP contribution < -0.4 is 5.32 Å². The van der Waals surface area contributed by atoms with Gasteiger partial charge in [-0.3, -0.25) is 24.5 Å². The summed E-state index contributed by atoms with van der Waals surface area (Å²) >= 11 is 1.22. The lowest BCUT2D eigenvalue weighted by Gasteiger charge is -2.10. The van der Waals surface area contributed by atoms with Gasteiger partial charge in [0.15, 0.2) is 11.0 Å². The highest BCUT2D eigenvalue weighted by Gasteiger charge is 2.17. The number of hydrogen-bond acceptors (Lipinski definition) is 7. The zero-order chi connectivity index (χ0) is 21.6. The summed E-state index contributed by atoms with van der Waals surface area (Å²) in [4.78, 5) is 26.9. The molecular weight excluding hydrogens is 416 g/mol. The number of pyridine rings is 1. The molecule has 0 saturated heterocycles. The quantitative estimate of drug-likeness (QED) is 0.267. The molecule has 9 nitrogen and oxygen atoms in total. The number of anilines is 1. The van der Waals surface area contributed by atoms with Crippen molar-refractivity contribution in [2.75, 3.05) is 11.1 Å². The number of nitrogens with zero attached hydrogens (tertiary/aromatic N) is 5. The Balaban J connectivity index is 1.55. The first-order valence-corrected chi connectivity index (χ1v) is 10.2. The Kier molecular flexibility index (Phi) is 5.99. The highest BCUT2D eigenvalue weighted by Crippen LogP contribution is 2.28. The number of benzene rings is 2. The van der Waals surface area contributed by atoms with Crippen molar-refractivity contribution in [2.45, 2.75) is 5.16 Å². The van der Waals surface area contributed by atoms with Gasteiger partial charge in [-0.2, -0.15) is 0 Å². The molecule has 0 bridgehead atoms. The van der Waals surface area contributed by atoms with Crippen LogP contribution in [0.25, 0.3) is 17.1 Å². The number of non-ortho nitro benzene ring substituents is 1. The van der Waals surface area contributed by atoms with Crippen LogP contribution in [0.4, 0.5) is 11.4 Å². The maximum Gasteiger partial charge on any atom is 0.271 e. The standard InChI is InChI=1S/C21H16N6O3S/c28-19(23-16-5-4-8-18(13-16)27(29)30)14-31-21-25-24-20(15-9-11-22-12-10-15)26(21)17-6-2-1-3-7-17/h1-13H,14H2,(H,23,28). The number of aromatic nitrogens is 4. The Bertz CT molecular complexity index is 1210. The van der Waals surface area contributed by atoms with Gasteiger partial charge in [0, 0.05) is 41.5 Å². The van der Waals surface area contributed by atoms with E-state index in [2.05, 4.69) is 20.5 Å². The molecule has 4 rings (SSSR count). The molecule has 2 aromatic carbocycles. The van der Waals surface area contributed by atoms with Gasteiger partial charge < -0.3 is 5.32 Å². The van der Waals surface area contributed by atoms with Crippen molar-refractivity contribution in [1.29, 1.82) is 0 Å².